The Hall–Kier alpha value is -2.29. The normalized spacial score (nSPS) is 10.4. The van der Waals surface area contributed by atoms with Crippen LogP contribution in [0.3, 0.4) is 0 Å². The monoisotopic (exact) mass is 311 g/mol. The van der Waals surface area contributed by atoms with Crippen molar-refractivity contribution in [3.8, 4) is 5.75 Å². The van der Waals surface area contributed by atoms with Crippen molar-refractivity contribution in [3.05, 3.63) is 58.7 Å². The Bertz CT molecular complexity index is 652. The Morgan fingerprint density at radius 3 is 2.22 bits per heavy atom. The topological polar surface area (TPSA) is 38.3 Å². The van der Waals surface area contributed by atoms with E-state index in [0.29, 0.717) is 12.2 Å². The zero-order valence-corrected chi connectivity index (χ0v) is 14.4. The molecule has 0 aromatic heterocycles. The maximum absolute atomic E-state index is 12.4. The molecule has 0 saturated heterocycles. The molecule has 0 atom stereocenters. The van der Waals surface area contributed by atoms with Gasteiger partial charge in [0.05, 0.1) is 6.61 Å². The highest BCUT2D eigenvalue weighted by atomic mass is 16.5. The van der Waals surface area contributed by atoms with Crippen LogP contribution in [0.15, 0.2) is 36.4 Å². The summed E-state index contributed by atoms with van der Waals surface area (Å²) in [4.78, 5) is 12.4. The van der Waals surface area contributed by atoms with Gasteiger partial charge in [-0.05, 0) is 62.6 Å². The fourth-order valence-corrected chi connectivity index (χ4v) is 2.60. The Morgan fingerprint density at radius 2 is 1.65 bits per heavy atom. The molecule has 1 amide bonds. The Kier molecular flexibility index (Phi) is 5.80. The van der Waals surface area contributed by atoms with Crippen molar-refractivity contribution in [2.45, 2.75) is 40.5 Å². The smallest absolute Gasteiger partial charge is 0.255 e. The molecule has 0 unspecified atom stereocenters. The number of anilines is 1. The second kappa shape index (κ2) is 7.82. The Labute approximate surface area is 138 Å². The Morgan fingerprint density at radius 1 is 1.04 bits per heavy atom. The van der Waals surface area contributed by atoms with Crippen molar-refractivity contribution >= 4 is 11.6 Å². The van der Waals surface area contributed by atoms with Crippen LogP contribution in [0.5, 0.6) is 5.75 Å². The zero-order chi connectivity index (χ0) is 16.8. The van der Waals surface area contributed by atoms with E-state index in [2.05, 4.69) is 31.3 Å². The summed E-state index contributed by atoms with van der Waals surface area (Å²) in [6, 6.07) is 11.4. The number of hydrogen-bond donors (Lipinski definition) is 1. The first-order chi connectivity index (χ1) is 11.0. The fraction of sp³-hybridized carbons (Fsp3) is 0.350. The summed E-state index contributed by atoms with van der Waals surface area (Å²) in [6.45, 7) is 8.93. The lowest BCUT2D eigenvalue weighted by atomic mass is 10.0. The fourth-order valence-electron chi connectivity index (χ4n) is 2.60. The highest BCUT2D eigenvalue weighted by Crippen LogP contribution is 2.23. The SMILES string of the molecule is CCCCOc1ccc(C(=O)Nc2c(C)cc(C)cc2C)cc1. The molecule has 2 aromatic rings. The van der Waals surface area contributed by atoms with Crippen LogP contribution in [0.25, 0.3) is 0 Å². The minimum absolute atomic E-state index is 0.0971. The lowest BCUT2D eigenvalue weighted by Crippen LogP contribution is -2.14. The van der Waals surface area contributed by atoms with Gasteiger partial charge in [0, 0.05) is 11.3 Å². The van der Waals surface area contributed by atoms with Crippen LogP contribution >= 0.6 is 0 Å². The molecule has 2 rings (SSSR count). The third-order valence-electron chi connectivity index (χ3n) is 3.80. The zero-order valence-electron chi connectivity index (χ0n) is 14.4. The summed E-state index contributed by atoms with van der Waals surface area (Å²) in [5, 5.41) is 3.01. The van der Waals surface area contributed by atoms with Crippen molar-refractivity contribution in [2.75, 3.05) is 11.9 Å². The number of rotatable bonds is 6. The van der Waals surface area contributed by atoms with E-state index in [-0.39, 0.29) is 5.91 Å². The molecule has 0 aliphatic rings. The number of amides is 1. The predicted molar refractivity (Wildman–Crippen MR) is 95.5 cm³/mol. The number of unbranched alkanes of at least 4 members (excludes halogenated alkanes) is 1. The molecule has 0 fully saturated rings. The third-order valence-corrected chi connectivity index (χ3v) is 3.80. The second-order valence-electron chi connectivity index (χ2n) is 5.95. The molecule has 1 N–H and O–H groups in total. The van der Waals surface area contributed by atoms with Gasteiger partial charge in [-0.2, -0.15) is 0 Å². The van der Waals surface area contributed by atoms with Crippen LogP contribution in [0.2, 0.25) is 0 Å². The number of carbonyl (C=O) groups excluding carboxylic acids is 1. The molecule has 0 aliphatic heterocycles. The van der Waals surface area contributed by atoms with Crippen LogP contribution < -0.4 is 10.1 Å². The van der Waals surface area contributed by atoms with Gasteiger partial charge in [-0.1, -0.05) is 31.0 Å². The van der Waals surface area contributed by atoms with Gasteiger partial charge in [-0.3, -0.25) is 4.79 Å². The van der Waals surface area contributed by atoms with Gasteiger partial charge in [0.2, 0.25) is 0 Å². The second-order valence-corrected chi connectivity index (χ2v) is 5.95. The molecule has 0 bridgehead atoms. The van der Waals surface area contributed by atoms with E-state index in [1.54, 1.807) is 12.1 Å². The number of nitrogens with one attached hydrogen (secondary N) is 1. The number of ether oxygens (including phenoxy) is 1. The van der Waals surface area contributed by atoms with Gasteiger partial charge in [0.1, 0.15) is 5.75 Å². The van der Waals surface area contributed by atoms with Crippen LogP contribution in [-0.4, -0.2) is 12.5 Å². The van der Waals surface area contributed by atoms with E-state index in [1.165, 1.54) is 5.56 Å². The van der Waals surface area contributed by atoms with Gasteiger partial charge < -0.3 is 10.1 Å². The van der Waals surface area contributed by atoms with E-state index < -0.39 is 0 Å². The number of benzene rings is 2. The summed E-state index contributed by atoms with van der Waals surface area (Å²) in [5.41, 5.74) is 4.88. The maximum atomic E-state index is 12.4. The van der Waals surface area contributed by atoms with Gasteiger partial charge in [-0.15, -0.1) is 0 Å². The van der Waals surface area contributed by atoms with Gasteiger partial charge >= 0.3 is 0 Å². The lowest BCUT2D eigenvalue weighted by Gasteiger charge is -2.13. The van der Waals surface area contributed by atoms with E-state index in [0.717, 1.165) is 35.4 Å². The van der Waals surface area contributed by atoms with Crippen molar-refractivity contribution < 1.29 is 9.53 Å². The molecule has 2 aromatic carbocycles. The summed E-state index contributed by atoms with van der Waals surface area (Å²) >= 11 is 0. The van der Waals surface area contributed by atoms with Crippen LogP contribution in [0.1, 0.15) is 46.8 Å². The summed E-state index contributed by atoms with van der Waals surface area (Å²) < 4.78 is 5.62. The van der Waals surface area contributed by atoms with Gasteiger partial charge in [-0.25, -0.2) is 0 Å². The first-order valence-corrected chi connectivity index (χ1v) is 8.13. The first kappa shape index (κ1) is 17.1. The standard InChI is InChI=1S/C20H25NO2/c1-5-6-11-23-18-9-7-17(8-10-18)20(22)21-19-15(3)12-14(2)13-16(19)4/h7-10,12-13H,5-6,11H2,1-4H3,(H,21,22). The molecular weight excluding hydrogens is 286 g/mol. The molecule has 122 valence electrons. The number of aryl methyl sites for hydroxylation is 3. The quantitative estimate of drug-likeness (QED) is 0.759. The maximum Gasteiger partial charge on any atom is 0.255 e. The molecule has 0 heterocycles. The van der Waals surface area contributed by atoms with Crippen molar-refractivity contribution in [3.63, 3.8) is 0 Å². The number of hydrogen-bond acceptors (Lipinski definition) is 2. The van der Waals surface area contributed by atoms with Crippen LogP contribution in [0.4, 0.5) is 5.69 Å². The van der Waals surface area contributed by atoms with Crippen LogP contribution in [-0.2, 0) is 0 Å². The third kappa shape index (κ3) is 4.59. The highest BCUT2D eigenvalue weighted by molar-refractivity contribution is 6.05. The van der Waals surface area contributed by atoms with E-state index in [4.69, 9.17) is 4.74 Å². The molecule has 3 nitrogen and oxygen atoms in total. The highest BCUT2D eigenvalue weighted by Gasteiger charge is 2.10. The Balaban J connectivity index is 2.06. The first-order valence-electron chi connectivity index (χ1n) is 8.13. The van der Waals surface area contributed by atoms with Crippen molar-refractivity contribution in [2.24, 2.45) is 0 Å². The molecule has 0 aliphatic carbocycles. The van der Waals surface area contributed by atoms with E-state index in [1.807, 2.05) is 26.0 Å². The molecule has 23 heavy (non-hydrogen) atoms. The largest absolute Gasteiger partial charge is 0.494 e. The minimum Gasteiger partial charge on any atom is -0.494 e. The summed E-state index contributed by atoms with van der Waals surface area (Å²) in [6.07, 6.45) is 2.14. The molecule has 0 spiro atoms. The van der Waals surface area contributed by atoms with Crippen LogP contribution in [0, 0.1) is 20.8 Å². The van der Waals surface area contributed by atoms with Crippen molar-refractivity contribution in [1.82, 2.24) is 0 Å². The van der Waals surface area contributed by atoms with E-state index >= 15 is 0 Å². The summed E-state index contributed by atoms with van der Waals surface area (Å²) in [5.74, 6) is 0.706. The lowest BCUT2D eigenvalue weighted by molar-refractivity contribution is 0.102. The average molecular weight is 311 g/mol. The van der Waals surface area contributed by atoms with Crippen molar-refractivity contribution in [1.29, 1.82) is 0 Å². The molecule has 0 saturated carbocycles. The predicted octanol–water partition coefficient (Wildman–Crippen LogP) is 5.04. The molecule has 3 heteroatoms. The molecule has 0 radical (unpaired) electrons. The van der Waals surface area contributed by atoms with Gasteiger partial charge in [0.15, 0.2) is 0 Å². The summed E-state index contributed by atoms with van der Waals surface area (Å²) in [7, 11) is 0. The minimum atomic E-state index is -0.0971. The molecular formula is C20H25NO2. The number of carbonyl (C=O) groups is 1. The van der Waals surface area contributed by atoms with E-state index in [9.17, 15) is 4.79 Å². The van der Waals surface area contributed by atoms with Gasteiger partial charge in [0.25, 0.3) is 5.91 Å². The average Bonchev–Trinajstić information content (AvgIpc) is 2.51.